The Labute approximate surface area is 157 Å². The number of rotatable bonds is 4. The molecule has 0 atom stereocenters. The minimum atomic E-state index is -0.857. The van der Waals surface area contributed by atoms with Crippen LogP contribution in [0, 0.1) is 5.21 Å². The van der Waals surface area contributed by atoms with E-state index in [1.165, 1.54) is 13.3 Å². The van der Waals surface area contributed by atoms with Gasteiger partial charge >= 0.3 is 6.09 Å². The molecular formula is C16H13Cl2N3O5. The van der Waals surface area contributed by atoms with Crippen molar-refractivity contribution >= 4 is 46.0 Å². The van der Waals surface area contributed by atoms with E-state index in [9.17, 15) is 10.0 Å². The van der Waals surface area contributed by atoms with E-state index in [1.807, 2.05) is 6.92 Å². The largest absolute Gasteiger partial charge is 0.619 e. The van der Waals surface area contributed by atoms with Gasteiger partial charge in [0.1, 0.15) is 15.8 Å². The van der Waals surface area contributed by atoms with Crippen molar-refractivity contribution in [3.8, 4) is 11.6 Å². The van der Waals surface area contributed by atoms with Gasteiger partial charge in [-0.25, -0.2) is 9.78 Å². The van der Waals surface area contributed by atoms with Crippen molar-refractivity contribution in [2.24, 2.45) is 0 Å². The molecular weight excluding hydrogens is 385 g/mol. The molecule has 0 unspecified atom stereocenters. The van der Waals surface area contributed by atoms with Crippen LogP contribution in [0.4, 0.5) is 10.5 Å². The maximum atomic E-state index is 12.2. The van der Waals surface area contributed by atoms with E-state index in [-0.39, 0.29) is 27.4 Å². The van der Waals surface area contributed by atoms with Gasteiger partial charge in [0.2, 0.25) is 12.4 Å². The topological polar surface area (TPSA) is 101 Å². The first-order valence-corrected chi connectivity index (χ1v) is 8.20. The van der Waals surface area contributed by atoms with E-state index in [1.54, 1.807) is 6.07 Å². The molecule has 1 amide bonds. The van der Waals surface area contributed by atoms with Crippen LogP contribution in [0.1, 0.15) is 12.7 Å². The molecule has 8 nitrogen and oxygen atoms in total. The van der Waals surface area contributed by atoms with Gasteiger partial charge in [-0.15, -0.1) is 0 Å². The molecule has 0 aliphatic rings. The van der Waals surface area contributed by atoms with E-state index in [0.29, 0.717) is 27.9 Å². The van der Waals surface area contributed by atoms with Crippen molar-refractivity contribution in [2.75, 3.05) is 12.4 Å². The van der Waals surface area contributed by atoms with Gasteiger partial charge in [-0.05, 0) is 6.07 Å². The second-order valence-electron chi connectivity index (χ2n) is 5.14. The molecule has 0 saturated heterocycles. The number of hydrogen-bond acceptors (Lipinski definition) is 6. The fraction of sp³-hybridized carbons (Fsp3) is 0.188. The molecule has 26 heavy (non-hydrogen) atoms. The Morgan fingerprint density at radius 2 is 2.08 bits per heavy atom. The van der Waals surface area contributed by atoms with Crippen LogP contribution in [0.25, 0.3) is 11.0 Å². The lowest BCUT2D eigenvalue weighted by Crippen LogP contribution is -2.26. The standard InChI is InChI=1S/C16H13Cl2N3O5/c1-3-8-4-9-12(5-19-15(24-2)14(9)25-8)26-16(22)20-13-10(17)6-21(23)7-11(13)18/h4-7H,3H2,1-2H3,(H,20,22). The predicted octanol–water partition coefficient (Wildman–Crippen LogP) is 3.95. The first-order chi connectivity index (χ1) is 12.4. The third kappa shape index (κ3) is 3.47. The Bertz CT molecular complexity index is 966. The smallest absolute Gasteiger partial charge is 0.417 e. The number of nitrogens with zero attached hydrogens (tertiary/aromatic N) is 2. The molecule has 3 aromatic rings. The molecule has 3 heterocycles. The average Bonchev–Trinajstić information content (AvgIpc) is 3.03. The fourth-order valence-corrected chi connectivity index (χ4v) is 2.82. The molecule has 0 spiro atoms. The Morgan fingerprint density at radius 1 is 1.38 bits per heavy atom. The molecule has 3 aromatic heterocycles. The highest BCUT2D eigenvalue weighted by Crippen LogP contribution is 2.34. The monoisotopic (exact) mass is 397 g/mol. The number of carbonyl (C=O) groups is 1. The third-order valence-corrected chi connectivity index (χ3v) is 4.05. The summed E-state index contributed by atoms with van der Waals surface area (Å²) in [5, 5.41) is 14.1. The van der Waals surface area contributed by atoms with Crippen LogP contribution < -0.4 is 19.5 Å². The van der Waals surface area contributed by atoms with E-state index in [2.05, 4.69) is 10.3 Å². The second kappa shape index (κ2) is 7.27. The molecule has 0 aliphatic carbocycles. The normalized spacial score (nSPS) is 10.8. The molecule has 136 valence electrons. The van der Waals surface area contributed by atoms with Crippen molar-refractivity contribution in [1.29, 1.82) is 0 Å². The first kappa shape index (κ1) is 18.1. The van der Waals surface area contributed by atoms with Gasteiger partial charge in [-0.2, -0.15) is 4.73 Å². The number of pyridine rings is 2. The Kier molecular flexibility index (Phi) is 5.06. The molecule has 0 fully saturated rings. The van der Waals surface area contributed by atoms with E-state index in [0.717, 1.165) is 12.4 Å². The zero-order valence-electron chi connectivity index (χ0n) is 13.7. The van der Waals surface area contributed by atoms with Crippen LogP contribution in [0.5, 0.6) is 11.6 Å². The average molecular weight is 398 g/mol. The number of fused-ring (bicyclic) bond motifs is 1. The summed E-state index contributed by atoms with van der Waals surface area (Å²) in [5.41, 5.74) is 0.433. The van der Waals surface area contributed by atoms with Crippen molar-refractivity contribution in [2.45, 2.75) is 13.3 Å². The molecule has 3 rings (SSSR count). The molecule has 0 bridgehead atoms. The summed E-state index contributed by atoms with van der Waals surface area (Å²) >= 11 is 11.8. The number of halogens is 2. The predicted molar refractivity (Wildman–Crippen MR) is 95.0 cm³/mol. The highest BCUT2D eigenvalue weighted by atomic mass is 35.5. The van der Waals surface area contributed by atoms with Crippen LogP contribution in [0.3, 0.4) is 0 Å². The van der Waals surface area contributed by atoms with E-state index >= 15 is 0 Å². The maximum Gasteiger partial charge on any atom is 0.417 e. The zero-order valence-corrected chi connectivity index (χ0v) is 15.2. The highest BCUT2D eigenvalue weighted by molar-refractivity contribution is 6.39. The van der Waals surface area contributed by atoms with Crippen LogP contribution >= 0.6 is 23.2 Å². The number of carbonyl (C=O) groups excluding carboxylic acids is 1. The van der Waals surface area contributed by atoms with Gasteiger partial charge < -0.3 is 19.1 Å². The quantitative estimate of drug-likeness (QED) is 0.528. The number of aryl methyl sites for hydroxylation is 1. The molecule has 1 N–H and O–H groups in total. The number of amides is 1. The number of aromatic nitrogens is 2. The molecule has 0 aliphatic heterocycles. The van der Waals surface area contributed by atoms with Crippen LogP contribution in [0.15, 0.2) is 29.1 Å². The minimum absolute atomic E-state index is 0.0287. The Morgan fingerprint density at radius 3 is 2.69 bits per heavy atom. The lowest BCUT2D eigenvalue weighted by molar-refractivity contribution is -0.605. The lowest BCUT2D eigenvalue weighted by Gasteiger charge is -2.10. The number of methoxy groups -OCH3 is 1. The zero-order chi connectivity index (χ0) is 18.8. The maximum absolute atomic E-state index is 12.2. The van der Waals surface area contributed by atoms with Gasteiger partial charge in [0.25, 0.3) is 5.88 Å². The van der Waals surface area contributed by atoms with Gasteiger partial charge in [-0.3, -0.25) is 5.32 Å². The summed E-state index contributed by atoms with van der Waals surface area (Å²) in [6.45, 7) is 1.92. The van der Waals surface area contributed by atoms with Gasteiger partial charge in [0, 0.05) is 6.42 Å². The van der Waals surface area contributed by atoms with E-state index in [4.69, 9.17) is 37.1 Å². The summed E-state index contributed by atoms with van der Waals surface area (Å²) in [6.07, 6.45) is 3.24. The van der Waals surface area contributed by atoms with Crippen molar-refractivity contribution in [1.82, 2.24) is 4.98 Å². The van der Waals surface area contributed by atoms with Crippen LogP contribution in [-0.2, 0) is 6.42 Å². The molecule has 10 heteroatoms. The van der Waals surface area contributed by atoms with Crippen LogP contribution in [-0.4, -0.2) is 18.2 Å². The van der Waals surface area contributed by atoms with E-state index < -0.39 is 6.09 Å². The minimum Gasteiger partial charge on any atom is -0.619 e. The molecule has 0 radical (unpaired) electrons. The van der Waals surface area contributed by atoms with Crippen molar-refractivity contribution in [3.05, 3.63) is 45.7 Å². The number of furan rings is 1. The Hall–Kier alpha value is -2.71. The third-order valence-electron chi connectivity index (χ3n) is 3.47. The fourth-order valence-electron chi connectivity index (χ4n) is 2.28. The number of anilines is 1. The summed E-state index contributed by atoms with van der Waals surface area (Å²) in [7, 11) is 1.46. The van der Waals surface area contributed by atoms with Crippen molar-refractivity contribution in [3.63, 3.8) is 0 Å². The summed E-state index contributed by atoms with van der Waals surface area (Å²) in [4.78, 5) is 16.3. The molecule has 0 saturated carbocycles. The number of hydrogen-bond donors (Lipinski definition) is 1. The first-order valence-electron chi connectivity index (χ1n) is 7.45. The second-order valence-corrected chi connectivity index (χ2v) is 5.96. The summed E-state index contributed by atoms with van der Waals surface area (Å²) < 4.78 is 16.5. The number of nitrogens with one attached hydrogen (secondary N) is 1. The summed E-state index contributed by atoms with van der Waals surface area (Å²) in [5.74, 6) is 1.14. The SMILES string of the molecule is CCc1cc2c(OC(=O)Nc3c(Cl)c[n+]([O-])cc3Cl)cnc(OC)c2o1. The number of ether oxygens (including phenoxy) is 2. The highest BCUT2D eigenvalue weighted by Gasteiger charge is 2.19. The van der Waals surface area contributed by atoms with Gasteiger partial charge in [0.15, 0.2) is 11.3 Å². The Balaban J connectivity index is 1.89. The lowest BCUT2D eigenvalue weighted by atomic mass is 10.2. The van der Waals surface area contributed by atoms with Crippen molar-refractivity contribution < 1.29 is 23.4 Å². The summed E-state index contributed by atoms with van der Waals surface area (Å²) in [6, 6.07) is 1.74. The van der Waals surface area contributed by atoms with Gasteiger partial charge in [-0.1, -0.05) is 30.1 Å². The molecule has 0 aromatic carbocycles. The van der Waals surface area contributed by atoms with Gasteiger partial charge in [0.05, 0.1) is 24.4 Å². The van der Waals surface area contributed by atoms with Crippen LogP contribution in [0.2, 0.25) is 10.0 Å².